The zero-order valence-electron chi connectivity index (χ0n) is 22.5. The predicted molar refractivity (Wildman–Crippen MR) is 139 cm³/mol. The highest BCUT2D eigenvalue weighted by molar-refractivity contribution is 6.24. The molecule has 0 aliphatic heterocycles. The second kappa shape index (κ2) is 10.3. The molecule has 1 aromatic carbocycles. The van der Waals surface area contributed by atoms with Crippen molar-refractivity contribution in [2.24, 2.45) is 23.4 Å². The van der Waals surface area contributed by atoms with Crippen LogP contribution in [0.5, 0.6) is 5.75 Å². The van der Waals surface area contributed by atoms with Gasteiger partial charge in [-0.15, -0.1) is 0 Å². The van der Waals surface area contributed by atoms with E-state index in [4.69, 9.17) is 11.6 Å². The van der Waals surface area contributed by atoms with Crippen molar-refractivity contribution in [1.82, 2.24) is 10.2 Å². The number of carbonyl (C=O) groups is 3. The summed E-state index contributed by atoms with van der Waals surface area (Å²) in [7, 11) is 4.52. The number of primary amides is 1. The lowest BCUT2D eigenvalue weighted by atomic mass is 9.58. The molecule has 0 aromatic heterocycles. The van der Waals surface area contributed by atoms with Gasteiger partial charge in [0.05, 0.1) is 23.7 Å². The van der Waals surface area contributed by atoms with Gasteiger partial charge in [-0.25, -0.2) is 5.84 Å². The Balaban J connectivity index is 1.85. The number of hydrazine groups is 1. The number of carbonyl (C=O) groups excluding carboxylic acids is 3. The number of aliphatic hydroxyl groups is 3. The molecule has 1 aromatic rings. The number of Topliss-reactive ketones (excluding diaryl/α,β-unsaturated/α-hetero) is 2. The number of anilines is 1. The molecule has 4 rings (SSSR count). The minimum atomic E-state index is -4.40. The first-order valence-electron chi connectivity index (χ1n) is 12.7. The Morgan fingerprint density at radius 2 is 1.83 bits per heavy atom. The first-order chi connectivity index (χ1) is 18.9. The van der Waals surface area contributed by atoms with E-state index >= 15 is 0 Å². The molecule has 0 bridgehead atoms. The van der Waals surface area contributed by atoms with E-state index in [0.717, 1.165) is 0 Å². The highest BCUT2D eigenvalue weighted by Gasteiger charge is 2.63. The number of amides is 1. The molecule has 0 spiro atoms. The normalized spacial score (nSPS) is 26.2. The van der Waals surface area contributed by atoms with Gasteiger partial charge in [0.15, 0.2) is 11.4 Å². The fourth-order valence-electron chi connectivity index (χ4n) is 6.26. The lowest BCUT2D eigenvalue weighted by Crippen LogP contribution is -2.63. The molecule has 12 nitrogen and oxygen atoms in total. The molecule has 3 aliphatic rings. The van der Waals surface area contributed by atoms with Crippen LogP contribution in [0.3, 0.4) is 0 Å². The summed E-state index contributed by atoms with van der Waals surface area (Å²) in [6, 6.07) is 0.312. The van der Waals surface area contributed by atoms with Crippen molar-refractivity contribution in [1.29, 1.82) is 0 Å². The Kier molecular flexibility index (Phi) is 7.62. The highest BCUT2D eigenvalue weighted by Crippen LogP contribution is 2.53. The maximum absolute atomic E-state index is 13.9. The Hall–Kier alpha value is -3.66. The van der Waals surface area contributed by atoms with E-state index in [0.29, 0.717) is 11.3 Å². The van der Waals surface area contributed by atoms with Crippen LogP contribution < -0.4 is 21.9 Å². The number of aromatic hydroxyl groups is 1. The monoisotopic (exact) mass is 583 g/mol. The number of phenols is 1. The number of rotatable bonds is 7. The van der Waals surface area contributed by atoms with E-state index in [-0.39, 0.29) is 36.1 Å². The number of fused-ring (bicyclic) bond motifs is 3. The number of halogens is 3. The van der Waals surface area contributed by atoms with Crippen LogP contribution in [0.2, 0.25) is 0 Å². The van der Waals surface area contributed by atoms with Crippen LogP contribution in [-0.4, -0.2) is 88.3 Å². The average molecular weight is 584 g/mol. The number of ketones is 2. The van der Waals surface area contributed by atoms with Crippen molar-refractivity contribution in [3.8, 4) is 5.75 Å². The van der Waals surface area contributed by atoms with Gasteiger partial charge in [0.25, 0.3) is 5.91 Å². The molecule has 4 atom stereocenters. The molecule has 0 unspecified atom stereocenters. The Morgan fingerprint density at radius 1 is 1.20 bits per heavy atom. The smallest absolute Gasteiger partial charge is 0.390 e. The summed E-state index contributed by atoms with van der Waals surface area (Å²) in [4.78, 5) is 40.8. The second-order valence-corrected chi connectivity index (χ2v) is 10.9. The predicted octanol–water partition coefficient (Wildman–Crippen LogP) is 0.473. The van der Waals surface area contributed by atoms with Gasteiger partial charge in [-0.2, -0.15) is 13.2 Å². The molecule has 9 N–H and O–H groups in total. The number of benzene rings is 1. The van der Waals surface area contributed by atoms with Gasteiger partial charge in [-0.1, -0.05) is 0 Å². The van der Waals surface area contributed by atoms with Crippen molar-refractivity contribution >= 4 is 23.2 Å². The van der Waals surface area contributed by atoms with Gasteiger partial charge in [0, 0.05) is 37.2 Å². The van der Waals surface area contributed by atoms with Crippen LogP contribution in [-0.2, 0) is 22.6 Å². The third-order valence-electron chi connectivity index (χ3n) is 8.06. The molecule has 0 fully saturated rings. The lowest BCUT2D eigenvalue weighted by Gasteiger charge is -2.50. The maximum Gasteiger partial charge on any atom is 0.390 e. The van der Waals surface area contributed by atoms with E-state index in [9.17, 15) is 48.0 Å². The lowest BCUT2D eigenvalue weighted by molar-refractivity contribution is -0.148. The van der Waals surface area contributed by atoms with E-state index in [1.807, 2.05) is 0 Å². The average Bonchev–Trinajstić information content (AvgIpc) is 2.83. The maximum atomic E-state index is 13.9. The molecule has 15 heteroatoms. The van der Waals surface area contributed by atoms with Crippen LogP contribution >= 0.6 is 0 Å². The molecule has 3 aliphatic carbocycles. The Labute approximate surface area is 232 Å². The molecule has 224 valence electrons. The van der Waals surface area contributed by atoms with Crippen molar-refractivity contribution in [3.63, 3.8) is 0 Å². The number of nitrogens with one attached hydrogen (secondary N) is 1. The van der Waals surface area contributed by atoms with Crippen LogP contribution in [0.4, 0.5) is 18.9 Å². The highest BCUT2D eigenvalue weighted by atomic mass is 19.4. The summed E-state index contributed by atoms with van der Waals surface area (Å²) in [5.74, 6) is -1.83. The molecule has 0 saturated heterocycles. The summed E-state index contributed by atoms with van der Waals surface area (Å²) in [5, 5.41) is 48.7. The molecule has 0 heterocycles. The number of allylic oxidation sites excluding steroid dienone is 1. The number of nitrogens with zero attached hydrogens (tertiary/aromatic N) is 2. The quantitative estimate of drug-likeness (QED) is 0.102. The number of likely N-dealkylation sites (N-methyl/N-ethyl adjacent to an activating group) is 1. The van der Waals surface area contributed by atoms with Crippen LogP contribution in [0, 0.1) is 11.8 Å². The van der Waals surface area contributed by atoms with Crippen molar-refractivity contribution < 1.29 is 48.0 Å². The summed E-state index contributed by atoms with van der Waals surface area (Å²) >= 11 is 0. The van der Waals surface area contributed by atoms with E-state index in [1.165, 1.54) is 37.1 Å². The third-order valence-corrected chi connectivity index (χ3v) is 8.06. The van der Waals surface area contributed by atoms with Gasteiger partial charge in [0.1, 0.15) is 22.8 Å². The van der Waals surface area contributed by atoms with Crippen LogP contribution in [0.15, 0.2) is 28.7 Å². The summed E-state index contributed by atoms with van der Waals surface area (Å²) < 4.78 is 37.7. The van der Waals surface area contributed by atoms with E-state index in [1.54, 1.807) is 0 Å². The molecular formula is C26H32F3N5O7. The molecular weight excluding hydrogens is 551 g/mol. The standard InChI is InChI=1S/C26H32F3N5O7/c1-33(2)18-13-7-10-6-12-14(34(3)31)8-11(9-32-5-4-25(27,28)29)19(35)16(12)20(36)15(10)22(38)26(13,41)23(39)17(21(18)37)24(30)40/h8,10,13,18,32,35,37-38,41H,4-7,9,31H2,1-3H3,(H2,30,40)/t10-,13-,18-,26-/m0/s1. The fraction of sp³-hybridized carbons (Fsp3) is 0.500. The van der Waals surface area contributed by atoms with E-state index in [2.05, 4.69) is 5.32 Å². The summed E-state index contributed by atoms with van der Waals surface area (Å²) in [5.41, 5.74) is 1.63. The van der Waals surface area contributed by atoms with Crippen molar-refractivity contribution in [2.75, 3.05) is 32.7 Å². The molecule has 41 heavy (non-hydrogen) atoms. The van der Waals surface area contributed by atoms with Gasteiger partial charge < -0.3 is 36.5 Å². The van der Waals surface area contributed by atoms with E-state index < -0.39 is 82.9 Å². The summed E-state index contributed by atoms with van der Waals surface area (Å²) in [6.45, 7) is -0.708. The van der Waals surface area contributed by atoms with Crippen LogP contribution in [0.25, 0.3) is 0 Å². The number of nitrogens with two attached hydrogens (primary N) is 2. The Bertz CT molecular complexity index is 1390. The first kappa shape index (κ1) is 30.3. The third kappa shape index (κ3) is 4.81. The number of phenolic OH excluding ortho intramolecular Hbond substituents is 1. The number of hydrogen-bond donors (Lipinski definition) is 7. The first-order valence-corrected chi connectivity index (χ1v) is 12.7. The van der Waals surface area contributed by atoms with Gasteiger partial charge in [0.2, 0.25) is 5.78 Å². The minimum absolute atomic E-state index is 0.0146. The fourth-order valence-corrected chi connectivity index (χ4v) is 6.26. The zero-order chi connectivity index (χ0) is 30.8. The largest absolute Gasteiger partial charge is 0.510 e. The number of aliphatic hydroxyl groups excluding tert-OH is 2. The topological polar surface area (TPSA) is 203 Å². The van der Waals surface area contributed by atoms with Gasteiger partial charge >= 0.3 is 6.18 Å². The molecule has 0 radical (unpaired) electrons. The SMILES string of the molecule is CN(N)c1cc(CNCCC(F)(F)F)c(O)c2c1C[C@H]1C[C@H]3[C@H](N(C)C)C(O)=C(C(N)=O)C(=O)[C@@]3(O)C(O)=C1C2=O. The Morgan fingerprint density at radius 3 is 2.37 bits per heavy atom. The zero-order valence-corrected chi connectivity index (χ0v) is 22.5. The molecule has 0 saturated carbocycles. The van der Waals surface area contributed by atoms with Gasteiger partial charge in [-0.05, 0) is 44.5 Å². The minimum Gasteiger partial charge on any atom is -0.510 e. The van der Waals surface area contributed by atoms with Crippen molar-refractivity contribution in [3.05, 3.63) is 45.4 Å². The summed E-state index contributed by atoms with van der Waals surface area (Å²) in [6.07, 6.45) is -5.60. The van der Waals surface area contributed by atoms with Crippen molar-refractivity contribution in [2.45, 2.75) is 43.6 Å². The second-order valence-electron chi connectivity index (χ2n) is 10.9. The van der Waals surface area contributed by atoms with Gasteiger partial charge in [-0.3, -0.25) is 19.3 Å². The number of alkyl halides is 3. The molecule has 1 amide bonds. The van der Waals surface area contributed by atoms with Crippen LogP contribution in [0.1, 0.15) is 34.3 Å². The number of hydrogen-bond acceptors (Lipinski definition) is 11.